The molecule has 0 bridgehead atoms. The molecule has 0 unspecified atom stereocenters. The highest BCUT2D eigenvalue weighted by Gasteiger charge is 2.11. The summed E-state index contributed by atoms with van der Waals surface area (Å²) >= 11 is 0. The zero-order chi connectivity index (χ0) is 13.7. The van der Waals surface area contributed by atoms with E-state index >= 15 is 0 Å². The predicted molar refractivity (Wildman–Crippen MR) is 67.5 cm³/mol. The van der Waals surface area contributed by atoms with Crippen LogP contribution in [0.3, 0.4) is 0 Å². The van der Waals surface area contributed by atoms with E-state index in [0.717, 1.165) is 18.6 Å². The van der Waals surface area contributed by atoms with E-state index in [9.17, 15) is 9.59 Å². The zero-order valence-corrected chi connectivity index (χ0v) is 10.1. The molecule has 6 heteroatoms. The fourth-order valence-electron chi connectivity index (χ4n) is 1.57. The van der Waals surface area contributed by atoms with Crippen molar-refractivity contribution in [1.82, 2.24) is 0 Å². The monoisotopic (exact) mass is 263 g/mol. The molecule has 0 fully saturated rings. The van der Waals surface area contributed by atoms with Crippen molar-refractivity contribution in [3.8, 4) is 11.5 Å². The van der Waals surface area contributed by atoms with Gasteiger partial charge in [-0.25, -0.2) is 4.79 Å². The van der Waals surface area contributed by atoms with E-state index in [1.54, 1.807) is 18.2 Å². The van der Waals surface area contributed by atoms with Crippen LogP contribution >= 0.6 is 0 Å². The average Bonchev–Trinajstić information content (AvgIpc) is 2.61. The van der Waals surface area contributed by atoms with Crippen LogP contribution in [0.25, 0.3) is 0 Å². The van der Waals surface area contributed by atoms with Crippen LogP contribution in [0, 0.1) is 0 Å². The smallest absolute Gasteiger partial charge is 0.328 e. The summed E-state index contributed by atoms with van der Waals surface area (Å²) in [6.45, 7) is 1.16. The summed E-state index contributed by atoms with van der Waals surface area (Å²) < 4.78 is 10.9. The molecule has 6 nitrogen and oxygen atoms in total. The third-order valence-electron chi connectivity index (χ3n) is 2.39. The van der Waals surface area contributed by atoms with Crippen LogP contribution in [0.1, 0.15) is 6.42 Å². The number of ether oxygens (including phenoxy) is 2. The van der Waals surface area contributed by atoms with Gasteiger partial charge >= 0.3 is 5.97 Å². The number of nitrogens with one attached hydrogen (secondary N) is 1. The van der Waals surface area contributed by atoms with Crippen molar-refractivity contribution in [2.75, 3.05) is 18.5 Å². The van der Waals surface area contributed by atoms with E-state index < -0.39 is 11.9 Å². The number of anilines is 1. The molecule has 1 aliphatic heterocycles. The van der Waals surface area contributed by atoms with Gasteiger partial charge in [-0.3, -0.25) is 4.79 Å². The Morgan fingerprint density at radius 1 is 1.16 bits per heavy atom. The number of carboxylic acids is 1. The van der Waals surface area contributed by atoms with Gasteiger partial charge in [-0.2, -0.15) is 0 Å². The van der Waals surface area contributed by atoms with Crippen LogP contribution in [0.4, 0.5) is 5.69 Å². The van der Waals surface area contributed by atoms with E-state index in [2.05, 4.69) is 5.32 Å². The molecule has 1 aromatic rings. The molecule has 1 amide bonds. The molecule has 0 spiro atoms. The molecule has 0 atom stereocenters. The highest BCUT2D eigenvalue weighted by Crippen LogP contribution is 2.32. The highest BCUT2D eigenvalue weighted by atomic mass is 16.5. The molecule has 2 N–H and O–H groups in total. The van der Waals surface area contributed by atoms with Gasteiger partial charge in [0.05, 0.1) is 13.2 Å². The molecule has 1 aromatic carbocycles. The molecule has 0 aromatic heterocycles. The Morgan fingerprint density at radius 2 is 1.89 bits per heavy atom. The average molecular weight is 263 g/mol. The van der Waals surface area contributed by atoms with Gasteiger partial charge in [-0.15, -0.1) is 0 Å². The lowest BCUT2D eigenvalue weighted by Crippen LogP contribution is -2.08. The quantitative estimate of drug-likeness (QED) is 0.806. The number of carbonyl (C=O) groups excluding carboxylic acids is 1. The molecule has 19 heavy (non-hydrogen) atoms. The lowest BCUT2D eigenvalue weighted by molar-refractivity contribution is -0.131. The summed E-state index contributed by atoms with van der Waals surface area (Å²) in [6, 6.07) is 5.02. The molecular formula is C13H13NO5. The van der Waals surface area contributed by atoms with Crippen LogP contribution in [0.15, 0.2) is 30.4 Å². The van der Waals surface area contributed by atoms with Gasteiger partial charge < -0.3 is 19.9 Å². The molecule has 0 saturated carbocycles. The Bertz CT molecular complexity index is 524. The summed E-state index contributed by atoms with van der Waals surface area (Å²) in [5.41, 5.74) is 0.518. The second-order valence-electron chi connectivity index (χ2n) is 3.87. The second-order valence-corrected chi connectivity index (χ2v) is 3.87. The Morgan fingerprint density at radius 3 is 2.63 bits per heavy atom. The Labute approximate surface area is 109 Å². The SMILES string of the molecule is O=C(O)C=CC(=O)Nc1ccc2c(c1)OCCCO2. The fraction of sp³-hybridized carbons (Fsp3) is 0.231. The first-order valence-electron chi connectivity index (χ1n) is 5.77. The third kappa shape index (κ3) is 3.74. The number of fused-ring (bicyclic) bond motifs is 1. The molecule has 0 saturated heterocycles. The van der Waals surface area contributed by atoms with Crippen LogP contribution in [0.5, 0.6) is 11.5 Å². The van der Waals surface area contributed by atoms with Gasteiger partial charge in [0, 0.05) is 30.3 Å². The Hall–Kier alpha value is -2.50. The molecule has 100 valence electrons. The van der Waals surface area contributed by atoms with Crippen molar-refractivity contribution < 1.29 is 24.2 Å². The lowest BCUT2D eigenvalue weighted by Gasteiger charge is -2.09. The van der Waals surface area contributed by atoms with Crippen molar-refractivity contribution in [1.29, 1.82) is 0 Å². The molecule has 2 rings (SSSR count). The van der Waals surface area contributed by atoms with Gasteiger partial charge in [0.15, 0.2) is 11.5 Å². The largest absolute Gasteiger partial charge is 0.490 e. The van der Waals surface area contributed by atoms with Crippen molar-refractivity contribution in [3.05, 3.63) is 30.4 Å². The topological polar surface area (TPSA) is 84.9 Å². The molecule has 1 heterocycles. The number of hydrogen-bond acceptors (Lipinski definition) is 4. The number of carboxylic acid groups (broad SMARTS) is 1. The number of hydrogen-bond donors (Lipinski definition) is 2. The molecule has 0 radical (unpaired) electrons. The van der Waals surface area contributed by atoms with E-state index in [4.69, 9.17) is 14.6 Å². The molecule has 1 aliphatic rings. The minimum absolute atomic E-state index is 0.517. The normalized spacial score (nSPS) is 13.9. The molecule has 0 aliphatic carbocycles. The number of rotatable bonds is 3. The van der Waals surface area contributed by atoms with Crippen LogP contribution < -0.4 is 14.8 Å². The van der Waals surface area contributed by atoms with Crippen molar-refractivity contribution in [2.45, 2.75) is 6.42 Å². The maximum absolute atomic E-state index is 11.4. The second kappa shape index (κ2) is 5.90. The summed E-state index contributed by atoms with van der Waals surface area (Å²) in [5.74, 6) is -0.486. The zero-order valence-electron chi connectivity index (χ0n) is 10.1. The Balaban J connectivity index is 2.07. The number of carbonyl (C=O) groups is 2. The maximum atomic E-state index is 11.4. The first-order chi connectivity index (χ1) is 9.15. The first kappa shape index (κ1) is 12.9. The van der Waals surface area contributed by atoms with Gasteiger partial charge in [0.25, 0.3) is 0 Å². The van der Waals surface area contributed by atoms with Crippen LogP contribution in [-0.4, -0.2) is 30.2 Å². The van der Waals surface area contributed by atoms with E-state index in [-0.39, 0.29) is 0 Å². The number of benzene rings is 1. The Kier molecular flexibility index (Phi) is 4.02. The lowest BCUT2D eigenvalue weighted by atomic mass is 10.2. The first-order valence-corrected chi connectivity index (χ1v) is 5.77. The summed E-state index contributed by atoms with van der Waals surface area (Å²) in [4.78, 5) is 21.7. The summed E-state index contributed by atoms with van der Waals surface area (Å²) in [6.07, 6.45) is 2.53. The van der Waals surface area contributed by atoms with Crippen molar-refractivity contribution in [2.24, 2.45) is 0 Å². The van der Waals surface area contributed by atoms with Gasteiger partial charge in [0.2, 0.25) is 5.91 Å². The van der Waals surface area contributed by atoms with Gasteiger partial charge in [0.1, 0.15) is 0 Å². The van der Waals surface area contributed by atoms with E-state index in [1.807, 2.05) is 0 Å². The van der Waals surface area contributed by atoms with E-state index in [0.29, 0.717) is 30.4 Å². The van der Waals surface area contributed by atoms with Crippen LogP contribution in [0.2, 0.25) is 0 Å². The fourth-order valence-corrected chi connectivity index (χ4v) is 1.57. The van der Waals surface area contributed by atoms with Crippen molar-refractivity contribution in [3.63, 3.8) is 0 Å². The van der Waals surface area contributed by atoms with Gasteiger partial charge in [-0.05, 0) is 12.1 Å². The summed E-state index contributed by atoms with van der Waals surface area (Å²) in [7, 11) is 0. The van der Waals surface area contributed by atoms with Crippen LogP contribution in [-0.2, 0) is 9.59 Å². The minimum Gasteiger partial charge on any atom is -0.490 e. The van der Waals surface area contributed by atoms with Crippen molar-refractivity contribution >= 4 is 17.6 Å². The predicted octanol–water partition coefficient (Wildman–Crippen LogP) is 1.43. The third-order valence-corrected chi connectivity index (χ3v) is 2.39. The molecular weight excluding hydrogens is 250 g/mol. The minimum atomic E-state index is -1.17. The number of aliphatic carboxylic acids is 1. The standard InChI is InChI=1S/C13H13NO5/c15-12(4-5-13(16)17)14-9-2-3-10-11(8-9)19-7-1-6-18-10/h2-5,8H,1,6-7H2,(H,14,15)(H,16,17). The number of amides is 1. The van der Waals surface area contributed by atoms with Gasteiger partial charge in [-0.1, -0.05) is 0 Å². The summed E-state index contributed by atoms with van der Waals surface area (Å²) in [5, 5.41) is 11.0. The maximum Gasteiger partial charge on any atom is 0.328 e. The highest BCUT2D eigenvalue weighted by molar-refractivity contribution is 6.02. The van der Waals surface area contributed by atoms with E-state index in [1.165, 1.54) is 0 Å².